The van der Waals surface area contributed by atoms with Crippen molar-refractivity contribution in [3.63, 3.8) is 0 Å². The summed E-state index contributed by atoms with van der Waals surface area (Å²) in [6.07, 6.45) is 1.49. The van der Waals surface area contributed by atoms with E-state index in [4.69, 9.17) is 21.3 Å². The predicted molar refractivity (Wildman–Crippen MR) is 162 cm³/mol. The Morgan fingerprint density at radius 3 is 2.78 bits per heavy atom. The fourth-order valence-electron chi connectivity index (χ4n) is 3.95. The number of rotatable bonds is 12. The molecule has 0 atom stereocenters. The number of halogens is 2. The Bertz CT molecular complexity index is 1810. The van der Waals surface area contributed by atoms with Gasteiger partial charge in [-0.1, -0.05) is 36.4 Å². The van der Waals surface area contributed by atoms with Crippen molar-refractivity contribution >= 4 is 55.2 Å². The molecule has 0 bridgehead atoms. The molecule has 0 radical (unpaired) electrons. The second-order valence-electron chi connectivity index (χ2n) is 8.98. The number of nitrogens with zero attached hydrogens (tertiary/aromatic N) is 3. The average Bonchev–Trinajstić information content (AvgIpc) is 3.44. The SMILES string of the molecule is C=CS(=O)(=O)CCNCc1nc(-c2ccc3ncnc(Nc4ccc(OCc5cccc(F)c5)c(Cl)c4)c3c2)cs1. The van der Waals surface area contributed by atoms with Crippen LogP contribution >= 0.6 is 22.9 Å². The molecule has 12 heteroatoms. The number of hydrogen-bond acceptors (Lipinski definition) is 9. The molecule has 210 valence electrons. The van der Waals surface area contributed by atoms with Crippen LogP contribution in [0, 0.1) is 5.82 Å². The number of nitrogens with one attached hydrogen (secondary N) is 2. The van der Waals surface area contributed by atoms with Crippen molar-refractivity contribution in [3.05, 3.63) is 106 Å². The van der Waals surface area contributed by atoms with E-state index in [9.17, 15) is 12.8 Å². The highest BCUT2D eigenvalue weighted by Crippen LogP contribution is 2.32. The monoisotopic (exact) mass is 609 g/mol. The maximum Gasteiger partial charge on any atom is 0.172 e. The lowest BCUT2D eigenvalue weighted by Gasteiger charge is -2.12. The minimum absolute atomic E-state index is 0.00887. The van der Waals surface area contributed by atoms with E-state index in [2.05, 4.69) is 27.2 Å². The minimum Gasteiger partial charge on any atom is -0.487 e. The summed E-state index contributed by atoms with van der Waals surface area (Å²) in [5.74, 6) is 0.749. The molecule has 0 saturated carbocycles. The number of ether oxygens (including phenoxy) is 1. The zero-order valence-electron chi connectivity index (χ0n) is 21.7. The van der Waals surface area contributed by atoms with Crippen LogP contribution in [0.2, 0.25) is 5.02 Å². The van der Waals surface area contributed by atoms with Gasteiger partial charge in [-0.3, -0.25) is 0 Å². The topological polar surface area (TPSA) is 106 Å². The van der Waals surface area contributed by atoms with Crippen LogP contribution in [0.5, 0.6) is 5.75 Å². The normalized spacial score (nSPS) is 11.5. The Morgan fingerprint density at radius 2 is 1.98 bits per heavy atom. The third-order valence-electron chi connectivity index (χ3n) is 6.05. The number of benzene rings is 3. The lowest BCUT2D eigenvalue weighted by atomic mass is 10.1. The standard InChI is InChI=1S/C29H25ClFN5O3S2/c1-2-41(37,38)11-10-32-15-28-36-26(17-40-28)20-6-8-25-23(13-20)29(34-18-33-25)35-22-7-9-27(24(30)14-22)39-16-19-4-3-5-21(31)12-19/h2-9,12-14,17-18,32H,1,10-11,15-16H2,(H,33,34,35). The first-order valence-electron chi connectivity index (χ1n) is 12.5. The molecule has 5 rings (SSSR count). The summed E-state index contributed by atoms with van der Waals surface area (Å²) in [6, 6.07) is 17.4. The zero-order valence-corrected chi connectivity index (χ0v) is 24.1. The smallest absolute Gasteiger partial charge is 0.172 e. The van der Waals surface area contributed by atoms with Gasteiger partial charge in [0.05, 0.1) is 22.0 Å². The quantitative estimate of drug-likeness (QED) is 0.154. The highest BCUT2D eigenvalue weighted by atomic mass is 35.5. The Kier molecular flexibility index (Phi) is 8.89. The third kappa shape index (κ3) is 7.44. The van der Waals surface area contributed by atoms with Crippen LogP contribution in [0.1, 0.15) is 10.6 Å². The molecule has 0 saturated heterocycles. The van der Waals surface area contributed by atoms with Gasteiger partial charge in [-0.2, -0.15) is 0 Å². The van der Waals surface area contributed by atoms with E-state index in [1.807, 2.05) is 29.6 Å². The molecule has 5 aromatic rings. The van der Waals surface area contributed by atoms with Crippen molar-refractivity contribution < 1.29 is 17.5 Å². The largest absolute Gasteiger partial charge is 0.487 e. The summed E-state index contributed by atoms with van der Waals surface area (Å²) in [5.41, 5.74) is 3.86. The maximum absolute atomic E-state index is 13.4. The van der Waals surface area contributed by atoms with Gasteiger partial charge in [-0.15, -0.1) is 11.3 Å². The van der Waals surface area contributed by atoms with Crippen LogP contribution in [0.3, 0.4) is 0 Å². The highest BCUT2D eigenvalue weighted by molar-refractivity contribution is 7.94. The molecule has 0 spiro atoms. The second kappa shape index (κ2) is 12.7. The van der Waals surface area contributed by atoms with E-state index in [1.54, 1.807) is 24.3 Å². The van der Waals surface area contributed by atoms with Gasteiger partial charge in [0.1, 0.15) is 35.3 Å². The van der Waals surface area contributed by atoms with E-state index < -0.39 is 9.84 Å². The van der Waals surface area contributed by atoms with Gasteiger partial charge < -0.3 is 15.4 Å². The number of anilines is 2. The predicted octanol–water partition coefficient (Wildman–Crippen LogP) is 6.52. The van der Waals surface area contributed by atoms with Crippen molar-refractivity contribution in [2.45, 2.75) is 13.2 Å². The number of aromatic nitrogens is 3. The van der Waals surface area contributed by atoms with Crippen LogP contribution in [0.4, 0.5) is 15.9 Å². The molecule has 41 heavy (non-hydrogen) atoms. The minimum atomic E-state index is -3.24. The molecule has 2 N–H and O–H groups in total. The lowest BCUT2D eigenvalue weighted by Crippen LogP contribution is -2.21. The number of sulfone groups is 1. The van der Waals surface area contributed by atoms with Gasteiger partial charge in [0.2, 0.25) is 0 Å². The van der Waals surface area contributed by atoms with Crippen molar-refractivity contribution in [1.82, 2.24) is 20.3 Å². The van der Waals surface area contributed by atoms with Gasteiger partial charge in [0.15, 0.2) is 9.84 Å². The first kappa shape index (κ1) is 28.6. The van der Waals surface area contributed by atoms with Crippen molar-refractivity contribution in [3.8, 4) is 17.0 Å². The average molecular weight is 610 g/mol. The molecule has 0 aliphatic rings. The van der Waals surface area contributed by atoms with Crippen LogP contribution < -0.4 is 15.4 Å². The molecule has 0 aliphatic heterocycles. The van der Waals surface area contributed by atoms with Crippen LogP contribution in [-0.4, -0.2) is 35.7 Å². The van der Waals surface area contributed by atoms with E-state index in [1.165, 1.54) is 29.8 Å². The summed E-state index contributed by atoms with van der Waals surface area (Å²) < 4.78 is 42.3. The molecule has 0 amide bonds. The van der Waals surface area contributed by atoms with E-state index in [0.717, 1.165) is 32.6 Å². The first-order valence-corrected chi connectivity index (χ1v) is 15.5. The van der Waals surface area contributed by atoms with Crippen LogP contribution in [0.25, 0.3) is 22.2 Å². The summed E-state index contributed by atoms with van der Waals surface area (Å²) in [4.78, 5) is 13.5. The first-order chi connectivity index (χ1) is 19.8. The second-order valence-corrected chi connectivity index (χ2v) is 12.4. The van der Waals surface area contributed by atoms with Gasteiger partial charge in [-0.05, 0) is 48.0 Å². The molecule has 2 aromatic heterocycles. The van der Waals surface area contributed by atoms with Gasteiger partial charge in [0, 0.05) is 40.5 Å². The summed E-state index contributed by atoms with van der Waals surface area (Å²) >= 11 is 7.97. The molecule has 0 aliphatic carbocycles. The molecule has 2 heterocycles. The maximum atomic E-state index is 13.4. The fourth-order valence-corrected chi connectivity index (χ4v) is 5.56. The van der Waals surface area contributed by atoms with Crippen LogP contribution in [0.15, 0.2) is 84.4 Å². The Labute approximate surface area is 245 Å². The Hall–Kier alpha value is -3.90. The van der Waals surface area contributed by atoms with Crippen molar-refractivity contribution in [2.24, 2.45) is 0 Å². The number of hydrogen-bond donors (Lipinski definition) is 2. The molecular weight excluding hydrogens is 585 g/mol. The molecule has 3 aromatic carbocycles. The molecular formula is C29H25ClFN5O3S2. The molecule has 8 nitrogen and oxygen atoms in total. The van der Waals surface area contributed by atoms with Gasteiger partial charge in [0.25, 0.3) is 0 Å². The van der Waals surface area contributed by atoms with Crippen molar-refractivity contribution in [1.29, 1.82) is 0 Å². The van der Waals surface area contributed by atoms with E-state index >= 15 is 0 Å². The van der Waals surface area contributed by atoms with Gasteiger partial charge >= 0.3 is 0 Å². The van der Waals surface area contributed by atoms with E-state index in [0.29, 0.717) is 40.9 Å². The highest BCUT2D eigenvalue weighted by Gasteiger charge is 2.11. The van der Waals surface area contributed by atoms with Crippen LogP contribution in [-0.2, 0) is 23.0 Å². The zero-order chi connectivity index (χ0) is 28.8. The lowest BCUT2D eigenvalue weighted by molar-refractivity contribution is 0.306. The summed E-state index contributed by atoms with van der Waals surface area (Å²) in [5, 5.41) is 11.4. The summed E-state index contributed by atoms with van der Waals surface area (Å²) in [6.45, 7) is 4.29. The van der Waals surface area contributed by atoms with Gasteiger partial charge in [-0.25, -0.2) is 27.8 Å². The third-order valence-corrected chi connectivity index (χ3v) is 8.48. The molecule has 0 unspecified atom stereocenters. The summed E-state index contributed by atoms with van der Waals surface area (Å²) in [7, 11) is -3.24. The number of thiazole rings is 1. The number of fused-ring (bicyclic) bond motifs is 1. The fraction of sp³-hybridized carbons (Fsp3) is 0.138. The Balaban J connectivity index is 1.28. The van der Waals surface area contributed by atoms with E-state index in [-0.39, 0.29) is 18.2 Å². The molecule has 0 fully saturated rings. The Morgan fingerprint density at radius 1 is 1.10 bits per heavy atom. The van der Waals surface area contributed by atoms with Crippen molar-refractivity contribution in [2.75, 3.05) is 17.6 Å².